The number of aryl methyl sites for hydroxylation is 1. The van der Waals surface area contributed by atoms with Crippen LogP contribution in [0, 0.1) is 0 Å². The summed E-state index contributed by atoms with van der Waals surface area (Å²) >= 11 is 0. The number of aliphatic hydroxyl groups is 1. The van der Waals surface area contributed by atoms with E-state index in [0.29, 0.717) is 11.1 Å². The van der Waals surface area contributed by atoms with Crippen molar-refractivity contribution in [3.05, 3.63) is 107 Å². The zero-order valence-electron chi connectivity index (χ0n) is 18.2. The lowest BCUT2D eigenvalue weighted by molar-refractivity contribution is -0.669. The van der Waals surface area contributed by atoms with E-state index in [1.54, 1.807) is 12.2 Å². The summed E-state index contributed by atoms with van der Waals surface area (Å²) in [4.78, 5) is 15.1. The molecule has 0 amide bonds. The number of allylic oxidation sites excluding steroid dienone is 4. The number of nitrogens with zero attached hydrogens (tertiary/aromatic N) is 2. The van der Waals surface area contributed by atoms with E-state index in [2.05, 4.69) is 47.6 Å². The highest BCUT2D eigenvalue weighted by molar-refractivity contribution is 6.23. The number of hydrogen-bond acceptors (Lipinski definition) is 3. The number of aliphatic hydroxyl groups excluding tert-OH is 1. The molecule has 0 saturated heterocycles. The second-order valence-corrected chi connectivity index (χ2v) is 7.92. The minimum atomic E-state index is -0.130. The van der Waals surface area contributed by atoms with Crippen LogP contribution in [0.15, 0.2) is 95.4 Å². The number of anilines is 1. The maximum absolute atomic E-state index is 13.0. The standard InChI is InChI=1S/C28H24N2O2/c1-3-29-21(15-13-19-9-5-7-11-25(19)29)17-23-27(31)24(28(23)32)18-22-16-14-20-10-6-8-12-26(20)30(22)4-2/h5-18H,3-4H2,1-2H3/p+1. The lowest BCUT2D eigenvalue weighted by Gasteiger charge is -2.30. The van der Waals surface area contributed by atoms with Crippen molar-refractivity contribution in [2.45, 2.75) is 20.4 Å². The van der Waals surface area contributed by atoms with Gasteiger partial charge in [-0.1, -0.05) is 36.4 Å². The molecule has 32 heavy (non-hydrogen) atoms. The number of rotatable bonds is 4. The van der Waals surface area contributed by atoms with Gasteiger partial charge in [0, 0.05) is 41.5 Å². The molecule has 0 unspecified atom stereocenters. The molecule has 1 aliphatic heterocycles. The molecule has 3 aromatic rings. The monoisotopic (exact) mass is 421 g/mol. The minimum absolute atomic E-state index is 0.0571. The molecule has 0 spiro atoms. The van der Waals surface area contributed by atoms with Crippen LogP contribution in [0.1, 0.15) is 25.1 Å². The van der Waals surface area contributed by atoms with Crippen LogP contribution in [0.3, 0.4) is 0 Å². The zero-order valence-corrected chi connectivity index (χ0v) is 18.2. The molecule has 2 aliphatic rings. The van der Waals surface area contributed by atoms with Crippen LogP contribution < -0.4 is 9.47 Å². The van der Waals surface area contributed by atoms with Gasteiger partial charge < -0.3 is 10.0 Å². The minimum Gasteiger partial charge on any atom is -0.506 e. The molecule has 1 aliphatic carbocycles. The van der Waals surface area contributed by atoms with E-state index in [9.17, 15) is 9.90 Å². The summed E-state index contributed by atoms with van der Waals surface area (Å²) in [6.45, 7) is 5.70. The fraction of sp³-hybridized carbons (Fsp3) is 0.143. The van der Waals surface area contributed by atoms with Crippen LogP contribution in [0.4, 0.5) is 5.69 Å². The Morgan fingerprint density at radius 1 is 0.938 bits per heavy atom. The predicted molar refractivity (Wildman–Crippen MR) is 129 cm³/mol. The predicted octanol–water partition coefficient (Wildman–Crippen LogP) is 5.36. The van der Waals surface area contributed by atoms with E-state index < -0.39 is 0 Å². The van der Waals surface area contributed by atoms with Gasteiger partial charge in [-0.05, 0) is 49.8 Å². The Morgan fingerprint density at radius 2 is 1.72 bits per heavy atom. The Hall–Kier alpha value is -3.92. The third-order valence-corrected chi connectivity index (χ3v) is 6.16. The smallest absolute Gasteiger partial charge is 0.212 e. The molecule has 0 radical (unpaired) electrons. The van der Waals surface area contributed by atoms with Crippen molar-refractivity contribution in [1.82, 2.24) is 0 Å². The van der Waals surface area contributed by atoms with Gasteiger partial charge in [-0.25, -0.2) is 0 Å². The third-order valence-electron chi connectivity index (χ3n) is 6.16. The molecule has 0 bridgehead atoms. The summed E-state index contributed by atoms with van der Waals surface area (Å²) in [5, 5.41) is 11.9. The van der Waals surface area contributed by atoms with Crippen LogP contribution in [-0.2, 0) is 11.3 Å². The number of pyridine rings is 1. The molecule has 5 rings (SSSR count). The van der Waals surface area contributed by atoms with Gasteiger partial charge in [0.25, 0.3) is 0 Å². The van der Waals surface area contributed by atoms with E-state index in [4.69, 9.17) is 0 Å². The summed E-state index contributed by atoms with van der Waals surface area (Å²) in [6, 6.07) is 20.4. The fourth-order valence-corrected chi connectivity index (χ4v) is 4.52. The van der Waals surface area contributed by atoms with Crippen LogP contribution in [0.2, 0.25) is 0 Å². The SMILES string of the molecule is CCN1C(=CC2=C(O)C(=Cc3ccc4ccccc4[n+]3CC)C2=O)C=Cc2ccccc21. The number of carbonyl (C=O) groups is 1. The largest absolute Gasteiger partial charge is 0.506 e. The quantitative estimate of drug-likeness (QED) is 0.455. The van der Waals surface area contributed by atoms with Gasteiger partial charge in [-0.3, -0.25) is 4.79 Å². The zero-order chi connectivity index (χ0) is 22.2. The van der Waals surface area contributed by atoms with Gasteiger partial charge >= 0.3 is 0 Å². The summed E-state index contributed by atoms with van der Waals surface area (Å²) in [7, 11) is 0. The number of ketones is 1. The third kappa shape index (κ3) is 3.16. The Labute approximate surface area is 187 Å². The molecular weight excluding hydrogens is 396 g/mol. The Kier molecular flexibility index (Phi) is 4.98. The second-order valence-electron chi connectivity index (χ2n) is 7.92. The number of fused-ring (bicyclic) bond motifs is 2. The topological polar surface area (TPSA) is 44.4 Å². The Balaban J connectivity index is 1.53. The highest BCUT2D eigenvalue weighted by Gasteiger charge is 2.34. The Bertz CT molecular complexity index is 1380. The van der Waals surface area contributed by atoms with Crippen LogP contribution in [0.25, 0.3) is 23.1 Å². The molecule has 0 atom stereocenters. The lowest BCUT2D eigenvalue weighted by Crippen LogP contribution is -2.37. The number of hydrogen-bond donors (Lipinski definition) is 1. The number of carbonyl (C=O) groups excluding carboxylic acids is 1. The maximum atomic E-state index is 13.0. The molecule has 2 aromatic carbocycles. The molecule has 0 saturated carbocycles. The first kappa shape index (κ1) is 20.0. The lowest BCUT2D eigenvalue weighted by atomic mass is 9.86. The number of benzene rings is 2. The number of Topliss-reactive ketones (excluding diaryl/α,β-unsaturated/α-hetero) is 1. The fourth-order valence-electron chi connectivity index (χ4n) is 4.52. The van der Waals surface area contributed by atoms with Crippen LogP contribution >= 0.6 is 0 Å². The van der Waals surface area contributed by atoms with E-state index in [-0.39, 0.29) is 11.5 Å². The van der Waals surface area contributed by atoms with Crippen molar-refractivity contribution < 1.29 is 14.5 Å². The first-order valence-electron chi connectivity index (χ1n) is 11.0. The van der Waals surface area contributed by atoms with Gasteiger partial charge in [0.2, 0.25) is 17.0 Å². The van der Waals surface area contributed by atoms with E-state index >= 15 is 0 Å². The van der Waals surface area contributed by atoms with Gasteiger partial charge in [-0.2, -0.15) is 4.57 Å². The van der Waals surface area contributed by atoms with Crippen molar-refractivity contribution in [3.63, 3.8) is 0 Å². The average molecular weight is 422 g/mol. The van der Waals surface area contributed by atoms with Crippen molar-refractivity contribution in [1.29, 1.82) is 0 Å². The first-order valence-corrected chi connectivity index (χ1v) is 11.0. The van der Waals surface area contributed by atoms with Crippen LogP contribution in [0.5, 0.6) is 0 Å². The first-order chi connectivity index (χ1) is 15.6. The van der Waals surface area contributed by atoms with Gasteiger partial charge in [0.05, 0.1) is 11.1 Å². The molecule has 4 nitrogen and oxygen atoms in total. The van der Waals surface area contributed by atoms with Crippen molar-refractivity contribution in [3.8, 4) is 0 Å². The van der Waals surface area contributed by atoms with Gasteiger partial charge in [0.15, 0.2) is 0 Å². The number of aromatic nitrogens is 1. The maximum Gasteiger partial charge on any atom is 0.212 e. The molecule has 0 fully saturated rings. The molecule has 2 heterocycles. The highest BCUT2D eigenvalue weighted by atomic mass is 16.3. The van der Waals surface area contributed by atoms with Crippen molar-refractivity contribution in [2.24, 2.45) is 0 Å². The van der Waals surface area contributed by atoms with E-state index in [0.717, 1.165) is 46.6 Å². The molecule has 1 aromatic heterocycles. The van der Waals surface area contributed by atoms with Crippen molar-refractivity contribution >= 4 is 34.5 Å². The molecular formula is C28H25N2O2+. The summed E-state index contributed by atoms with van der Waals surface area (Å²) < 4.78 is 2.15. The van der Waals surface area contributed by atoms with Crippen LogP contribution in [-0.4, -0.2) is 17.4 Å². The van der Waals surface area contributed by atoms with Gasteiger partial charge in [-0.15, -0.1) is 0 Å². The normalized spacial score (nSPS) is 17.9. The molecule has 158 valence electrons. The van der Waals surface area contributed by atoms with Gasteiger partial charge in [0.1, 0.15) is 12.3 Å². The van der Waals surface area contributed by atoms with E-state index in [1.165, 1.54) is 0 Å². The summed E-state index contributed by atoms with van der Waals surface area (Å²) in [5.74, 6) is -0.0734. The Morgan fingerprint density at radius 3 is 2.50 bits per heavy atom. The van der Waals surface area contributed by atoms with E-state index in [1.807, 2.05) is 48.6 Å². The summed E-state index contributed by atoms with van der Waals surface area (Å²) in [6.07, 6.45) is 7.62. The molecule has 4 heteroatoms. The van der Waals surface area contributed by atoms with Crippen molar-refractivity contribution in [2.75, 3.05) is 11.4 Å². The highest BCUT2D eigenvalue weighted by Crippen LogP contribution is 2.35. The summed E-state index contributed by atoms with van der Waals surface area (Å²) in [5.41, 5.74) is 5.86. The second kappa shape index (κ2) is 7.97. The average Bonchev–Trinajstić information content (AvgIpc) is 2.84. The number of likely N-dealkylation sites (N-methyl/N-ethyl adjacent to an activating group) is 1. The molecule has 1 N–H and O–H groups in total. The number of para-hydroxylation sites is 2.